The Kier molecular flexibility index (Phi) is 6.15. The highest BCUT2D eigenvalue weighted by molar-refractivity contribution is 6.34. The van der Waals surface area contributed by atoms with E-state index in [4.69, 9.17) is 32.7 Å². The summed E-state index contributed by atoms with van der Waals surface area (Å²) in [7, 11) is 0. The van der Waals surface area contributed by atoms with Crippen LogP contribution >= 0.6 is 23.2 Å². The Bertz CT molecular complexity index is 869. The SMILES string of the molecule is O=C(Nc1cc(Cl)ccc1OCC1CCCO1)c1ccc([N+](=O)[O-])cc1Cl. The number of hydrogen-bond donors (Lipinski definition) is 1. The third kappa shape index (κ3) is 4.88. The zero-order valence-electron chi connectivity index (χ0n) is 14.1. The van der Waals surface area contributed by atoms with Crippen molar-refractivity contribution < 1.29 is 19.2 Å². The van der Waals surface area contributed by atoms with E-state index in [1.54, 1.807) is 18.2 Å². The van der Waals surface area contributed by atoms with Crippen LogP contribution in [-0.4, -0.2) is 30.1 Å². The first-order valence-corrected chi connectivity index (χ1v) is 8.99. The number of hydrogen-bond acceptors (Lipinski definition) is 5. The van der Waals surface area contributed by atoms with Crippen molar-refractivity contribution >= 4 is 40.5 Å². The molecule has 0 saturated carbocycles. The zero-order valence-corrected chi connectivity index (χ0v) is 15.6. The second-order valence-electron chi connectivity index (χ2n) is 5.96. The number of anilines is 1. The summed E-state index contributed by atoms with van der Waals surface area (Å²) in [6.45, 7) is 1.08. The number of nitro groups is 1. The molecule has 27 heavy (non-hydrogen) atoms. The van der Waals surface area contributed by atoms with Crippen LogP contribution in [0.15, 0.2) is 36.4 Å². The van der Waals surface area contributed by atoms with E-state index in [-0.39, 0.29) is 22.4 Å². The molecular weight excluding hydrogens is 395 g/mol. The van der Waals surface area contributed by atoms with Crippen LogP contribution in [0.5, 0.6) is 5.75 Å². The van der Waals surface area contributed by atoms with Gasteiger partial charge in [0.1, 0.15) is 12.4 Å². The molecule has 1 aliphatic rings. The Morgan fingerprint density at radius 3 is 2.78 bits per heavy atom. The van der Waals surface area contributed by atoms with Gasteiger partial charge >= 0.3 is 0 Å². The Hall–Kier alpha value is -2.35. The van der Waals surface area contributed by atoms with E-state index in [9.17, 15) is 14.9 Å². The van der Waals surface area contributed by atoms with E-state index < -0.39 is 10.8 Å². The van der Waals surface area contributed by atoms with Crippen LogP contribution in [0.3, 0.4) is 0 Å². The number of rotatable bonds is 6. The maximum Gasteiger partial charge on any atom is 0.270 e. The van der Waals surface area contributed by atoms with Gasteiger partial charge in [-0.25, -0.2) is 0 Å². The molecule has 0 spiro atoms. The van der Waals surface area contributed by atoms with Gasteiger partial charge in [-0.2, -0.15) is 0 Å². The van der Waals surface area contributed by atoms with E-state index in [1.165, 1.54) is 12.1 Å². The maximum atomic E-state index is 12.6. The number of nitro benzene ring substituents is 1. The molecule has 0 aliphatic carbocycles. The highest BCUT2D eigenvalue weighted by Crippen LogP contribution is 2.30. The predicted molar refractivity (Wildman–Crippen MR) is 102 cm³/mol. The predicted octanol–water partition coefficient (Wildman–Crippen LogP) is 4.71. The topological polar surface area (TPSA) is 90.7 Å². The first-order chi connectivity index (χ1) is 12.9. The Balaban J connectivity index is 1.76. The number of nitrogens with one attached hydrogen (secondary N) is 1. The molecule has 1 unspecified atom stereocenters. The summed E-state index contributed by atoms with van der Waals surface area (Å²) >= 11 is 12.0. The number of nitrogens with zero attached hydrogens (tertiary/aromatic N) is 1. The molecular formula is C18H16Cl2N2O5. The minimum atomic E-state index is -0.582. The molecule has 1 heterocycles. The summed E-state index contributed by atoms with van der Waals surface area (Å²) in [6.07, 6.45) is 1.94. The fourth-order valence-corrected chi connectivity index (χ4v) is 3.11. The standard InChI is InChI=1S/C18H16Cl2N2O5/c19-11-3-6-17(27-10-13-2-1-7-26-13)16(8-11)21-18(23)14-5-4-12(22(24)25)9-15(14)20/h3-6,8-9,13H,1-2,7,10H2,(H,21,23). The summed E-state index contributed by atoms with van der Waals surface area (Å²) in [4.78, 5) is 22.8. The molecule has 9 heteroatoms. The quantitative estimate of drug-likeness (QED) is 0.549. The van der Waals surface area contributed by atoms with Crippen LogP contribution in [0.25, 0.3) is 0 Å². The summed E-state index contributed by atoms with van der Waals surface area (Å²) < 4.78 is 11.3. The second-order valence-corrected chi connectivity index (χ2v) is 6.81. The Morgan fingerprint density at radius 1 is 1.30 bits per heavy atom. The minimum Gasteiger partial charge on any atom is -0.489 e. The highest BCUT2D eigenvalue weighted by atomic mass is 35.5. The molecule has 1 N–H and O–H groups in total. The maximum absolute atomic E-state index is 12.6. The molecule has 2 aromatic rings. The second kappa shape index (κ2) is 8.56. The van der Waals surface area contributed by atoms with Crippen molar-refractivity contribution in [3.8, 4) is 5.75 Å². The third-order valence-electron chi connectivity index (χ3n) is 4.05. The van der Waals surface area contributed by atoms with Crippen LogP contribution < -0.4 is 10.1 Å². The lowest BCUT2D eigenvalue weighted by Crippen LogP contribution is -2.18. The normalized spacial score (nSPS) is 16.1. The largest absolute Gasteiger partial charge is 0.489 e. The van der Waals surface area contributed by atoms with E-state index in [2.05, 4.69) is 5.32 Å². The number of halogens is 2. The average Bonchev–Trinajstić information content (AvgIpc) is 3.14. The minimum absolute atomic E-state index is 0.0216. The van der Waals surface area contributed by atoms with Gasteiger partial charge in [0.15, 0.2) is 0 Å². The van der Waals surface area contributed by atoms with Crippen LogP contribution in [0, 0.1) is 10.1 Å². The lowest BCUT2D eigenvalue weighted by Gasteiger charge is -2.16. The van der Waals surface area contributed by atoms with Gasteiger partial charge in [-0.1, -0.05) is 23.2 Å². The summed E-state index contributed by atoms with van der Waals surface area (Å²) in [6, 6.07) is 8.51. The summed E-state index contributed by atoms with van der Waals surface area (Å²) in [5, 5.41) is 13.9. The number of carbonyl (C=O) groups excluding carboxylic acids is 1. The van der Waals surface area contributed by atoms with Crippen LogP contribution in [0.1, 0.15) is 23.2 Å². The van der Waals surface area contributed by atoms with Gasteiger partial charge < -0.3 is 14.8 Å². The average molecular weight is 411 g/mol. The van der Waals surface area contributed by atoms with Gasteiger partial charge in [-0.15, -0.1) is 0 Å². The van der Waals surface area contributed by atoms with Crippen molar-refractivity contribution in [2.75, 3.05) is 18.5 Å². The molecule has 2 aromatic carbocycles. The molecule has 1 amide bonds. The van der Waals surface area contributed by atoms with Gasteiger partial charge in [0.25, 0.3) is 11.6 Å². The van der Waals surface area contributed by atoms with E-state index in [1.807, 2.05) is 0 Å². The summed E-state index contributed by atoms with van der Waals surface area (Å²) in [5.74, 6) is -0.0829. The van der Waals surface area contributed by atoms with Crippen molar-refractivity contribution in [3.05, 3.63) is 62.1 Å². The van der Waals surface area contributed by atoms with Gasteiger partial charge in [0.2, 0.25) is 0 Å². The smallest absolute Gasteiger partial charge is 0.270 e. The molecule has 1 saturated heterocycles. The van der Waals surface area contributed by atoms with Crippen LogP contribution in [0.4, 0.5) is 11.4 Å². The van der Waals surface area contributed by atoms with Gasteiger partial charge in [0.05, 0.1) is 27.3 Å². The van der Waals surface area contributed by atoms with Crippen LogP contribution in [0.2, 0.25) is 10.0 Å². The lowest BCUT2D eigenvalue weighted by molar-refractivity contribution is -0.384. The van der Waals surface area contributed by atoms with Gasteiger partial charge in [0, 0.05) is 23.8 Å². The Morgan fingerprint density at radius 2 is 2.11 bits per heavy atom. The fourth-order valence-electron chi connectivity index (χ4n) is 2.68. The van der Waals surface area contributed by atoms with Crippen molar-refractivity contribution in [1.29, 1.82) is 0 Å². The van der Waals surface area contributed by atoms with E-state index in [0.717, 1.165) is 25.5 Å². The van der Waals surface area contributed by atoms with Gasteiger partial charge in [-0.05, 0) is 37.1 Å². The number of carbonyl (C=O) groups is 1. The van der Waals surface area contributed by atoms with Crippen molar-refractivity contribution in [1.82, 2.24) is 0 Å². The Labute approximate surface area is 165 Å². The van der Waals surface area contributed by atoms with Gasteiger partial charge in [-0.3, -0.25) is 14.9 Å². The third-order valence-corrected chi connectivity index (χ3v) is 4.59. The van der Waals surface area contributed by atoms with Crippen molar-refractivity contribution in [2.24, 2.45) is 0 Å². The highest BCUT2D eigenvalue weighted by Gasteiger charge is 2.19. The molecule has 1 atom stereocenters. The molecule has 7 nitrogen and oxygen atoms in total. The van der Waals surface area contributed by atoms with Crippen molar-refractivity contribution in [3.63, 3.8) is 0 Å². The molecule has 142 valence electrons. The van der Waals surface area contributed by atoms with Crippen LogP contribution in [-0.2, 0) is 4.74 Å². The zero-order chi connectivity index (χ0) is 19.4. The fraction of sp³-hybridized carbons (Fsp3) is 0.278. The number of ether oxygens (including phenoxy) is 2. The molecule has 3 rings (SSSR count). The first-order valence-electron chi connectivity index (χ1n) is 8.23. The number of benzene rings is 2. The van der Waals surface area contributed by atoms with E-state index >= 15 is 0 Å². The monoisotopic (exact) mass is 410 g/mol. The molecule has 1 aliphatic heterocycles. The molecule has 1 fully saturated rings. The molecule has 0 aromatic heterocycles. The lowest BCUT2D eigenvalue weighted by atomic mass is 10.2. The first kappa shape index (κ1) is 19.4. The molecule has 0 bridgehead atoms. The number of amides is 1. The summed E-state index contributed by atoms with van der Waals surface area (Å²) in [5.41, 5.74) is 0.284. The van der Waals surface area contributed by atoms with Crippen molar-refractivity contribution in [2.45, 2.75) is 18.9 Å². The number of non-ortho nitro benzene ring substituents is 1. The molecule has 0 radical (unpaired) electrons. The van der Waals surface area contributed by atoms with E-state index in [0.29, 0.717) is 23.1 Å².